The van der Waals surface area contributed by atoms with Gasteiger partial charge in [0, 0.05) is 12.2 Å². The van der Waals surface area contributed by atoms with E-state index in [9.17, 15) is 0 Å². The molecule has 1 aromatic heterocycles. The van der Waals surface area contributed by atoms with Crippen molar-refractivity contribution in [2.45, 2.75) is 84.2 Å². The lowest BCUT2D eigenvalue weighted by atomic mass is 9.93. The topological polar surface area (TPSA) is 29.9 Å². The van der Waals surface area contributed by atoms with E-state index in [1.165, 1.54) is 50.6 Å². The molecule has 0 bridgehead atoms. The minimum absolute atomic E-state index is 0.579. The van der Waals surface area contributed by atoms with Crippen LogP contribution in [0.25, 0.3) is 0 Å². The van der Waals surface area contributed by atoms with Crippen LogP contribution >= 0.6 is 0 Å². The van der Waals surface area contributed by atoms with Crippen molar-refractivity contribution in [3.8, 4) is 0 Å². The van der Waals surface area contributed by atoms with Crippen molar-refractivity contribution < 1.29 is 0 Å². The van der Waals surface area contributed by atoms with Crippen LogP contribution in [0.5, 0.6) is 0 Å². The van der Waals surface area contributed by atoms with Crippen LogP contribution in [-0.2, 0) is 6.42 Å². The summed E-state index contributed by atoms with van der Waals surface area (Å²) in [7, 11) is 0. The molecule has 0 aromatic carbocycles. The summed E-state index contributed by atoms with van der Waals surface area (Å²) in [6, 6.07) is 3.47. The predicted molar refractivity (Wildman–Crippen MR) is 89.6 cm³/mol. The predicted octanol–water partition coefficient (Wildman–Crippen LogP) is 4.35. The first-order chi connectivity index (χ1) is 10.2. The lowest BCUT2D eigenvalue weighted by Gasteiger charge is -2.24. The third-order valence-electron chi connectivity index (χ3n) is 5.03. The maximum absolute atomic E-state index is 4.87. The maximum Gasteiger partial charge on any atom is 0.0628 e. The first-order valence-electron chi connectivity index (χ1n) is 9.02. The fourth-order valence-corrected chi connectivity index (χ4v) is 3.52. The third kappa shape index (κ3) is 4.84. The van der Waals surface area contributed by atoms with Gasteiger partial charge in [-0.15, -0.1) is 0 Å². The van der Waals surface area contributed by atoms with E-state index in [2.05, 4.69) is 43.0 Å². The van der Waals surface area contributed by atoms with Crippen molar-refractivity contribution in [2.24, 2.45) is 5.92 Å². The number of nitrogens with zero attached hydrogens (tertiary/aromatic N) is 2. The highest BCUT2D eigenvalue weighted by molar-refractivity contribution is 5.02. The Morgan fingerprint density at radius 1 is 1.29 bits per heavy atom. The number of rotatable bonds is 8. The molecule has 1 N–H and O–H groups in total. The van der Waals surface area contributed by atoms with E-state index in [0.29, 0.717) is 18.0 Å². The first kappa shape index (κ1) is 16.5. The Balaban J connectivity index is 1.90. The summed E-state index contributed by atoms with van der Waals surface area (Å²) in [5.74, 6) is 0.686. The zero-order chi connectivity index (χ0) is 15.1. The fraction of sp³-hybridized carbons (Fsp3) is 0.833. The highest BCUT2D eigenvalue weighted by Gasteiger charge is 2.19. The number of aromatic nitrogens is 2. The number of hydrogen-bond donors (Lipinski definition) is 1. The average molecular weight is 291 g/mol. The van der Waals surface area contributed by atoms with Gasteiger partial charge in [-0.2, -0.15) is 5.10 Å². The molecule has 1 aliphatic rings. The van der Waals surface area contributed by atoms with Gasteiger partial charge < -0.3 is 5.32 Å². The van der Waals surface area contributed by atoms with Crippen LogP contribution in [0.3, 0.4) is 0 Å². The average Bonchev–Trinajstić information content (AvgIpc) is 2.99. The van der Waals surface area contributed by atoms with Gasteiger partial charge in [0.2, 0.25) is 0 Å². The molecule has 0 radical (unpaired) electrons. The van der Waals surface area contributed by atoms with Gasteiger partial charge in [-0.05, 0) is 51.1 Å². The van der Waals surface area contributed by atoms with Gasteiger partial charge in [0.15, 0.2) is 0 Å². The largest absolute Gasteiger partial charge is 0.314 e. The fourth-order valence-electron chi connectivity index (χ4n) is 3.52. The first-order valence-corrected chi connectivity index (χ1v) is 9.02. The smallest absolute Gasteiger partial charge is 0.0628 e. The summed E-state index contributed by atoms with van der Waals surface area (Å²) >= 11 is 0. The molecule has 3 nitrogen and oxygen atoms in total. The van der Waals surface area contributed by atoms with Crippen LogP contribution in [0.2, 0.25) is 0 Å². The van der Waals surface area contributed by atoms with Crippen molar-refractivity contribution in [1.29, 1.82) is 0 Å². The van der Waals surface area contributed by atoms with Gasteiger partial charge in [0.05, 0.1) is 11.7 Å². The molecule has 1 saturated carbocycles. The molecule has 2 atom stereocenters. The van der Waals surface area contributed by atoms with Gasteiger partial charge in [0.25, 0.3) is 0 Å². The lowest BCUT2D eigenvalue weighted by Crippen LogP contribution is -2.35. The minimum atomic E-state index is 0.579. The molecular weight excluding hydrogens is 258 g/mol. The van der Waals surface area contributed by atoms with Crippen LogP contribution in [0, 0.1) is 5.92 Å². The molecule has 0 amide bonds. The van der Waals surface area contributed by atoms with Crippen LogP contribution in [-0.4, -0.2) is 22.4 Å². The standard InChI is InChI=1S/C18H33N3/c1-4-12-19-15(3)16(5-2)14-17-11-13-21(20-17)18-9-7-6-8-10-18/h11,13,15-16,18-19H,4-10,12,14H2,1-3H3. The van der Waals surface area contributed by atoms with E-state index >= 15 is 0 Å². The quantitative estimate of drug-likeness (QED) is 0.772. The Labute approximate surface area is 130 Å². The molecule has 0 aliphatic heterocycles. The maximum atomic E-state index is 4.87. The summed E-state index contributed by atoms with van der Waals surface area (Å²) in [6.45, 7) is 7.97. The van der Waals surface area contributed by atoms with Crippen LogP contribution in [0.15, 0.2) is 12.3 Å². The van der Waals surface area contributed by atoms with Crippen molar-refractivity contribution >= 4 is 0 Å². The van der Waals surface area contributed by atoms with Gasteiger partial charge >= 0.3 is 0 Å². The van der Waals surface area contributed by atoms with Crippen molar-refractivity contribution in [1.82, 2.24) is 15.1 Å². The molecule has 0 spiro atoms. The summed E-state index contributed by atoms with van der Waals surface area (Å²) in [5.41, 5.74) is 1.28. The SMILES string of the molecule is CCCNC(C)C(CC)Cc1ccn(C2CCCCC2)n1. The molecule has 1 aromatic rings. The Morgan fingerprint density at radius 3 is 2.71 bits per heavy atom. The normalized spacial score (nSPS) is 19.6. The summed E-state index contributed by atoms with van der Waals surface area (Å²) in [5, 5.41) is 8.51. The summed E-state index contributed by atoms with van der Waals surface area (Å²) in [4.78, 5) is 0. The Kier molecular flexibility index (Phi) is 6.75. The van der Waals surface area contributed by atoms with Gasteiger partial charge in [0.1, 0.15) is 0 Å². The molecule has 1 heterocycles. The number of nitrogens with one attached hydrogen (secondary N) is 1. The Morgan fingerprint density at radius 2 is 2.05 bits per heavy atom. The van der Waals surface area contributed by atoms with Crippen molar-refractivity contribution in [3.05, 3.63) is 18.0 Å². The second kappa shape index (κ2) is 8.57. The van der Waals surface area contributed by atoms with Gasteiger partial charge in [-0.3, -0.25) is 4.68 Å². The van der Waals surface area contributed by atoms with Crippen molar-refractivity contribution in [3.63, 3.8) is 0 Å². The molecule has 21 heavy (non-hydrogen) atoms. The Bertz CT molecular complexity index is 393. The minimum Gasteiger partial charge on any atom is -0.314 e. The Hall–Kier alpha value is -0.830. The molecule has 1 aliphatic carbocycles. The van der Waals surface area contributed by atoms with Crippen LogP contribution < -0.4 is 5.32 Å². The van der Waals surface area contributed by atoms with Gasteiger partial charge in [-0.1, -0.05) is 39.5 Å². The third-order valence-corrected chi connectivity index (χ3v) is 5.03. The summed E-state index contributed by atoms with van der Waals surface area (Å²) < 4.78 is 2.24. The number of hydrogen-bond acceptors (Lipinski definition) is 2. The molecular formula is C18H33N3. The van der Waals surface area contributed by atoms with Crippen LogP contribution in [0.4, 0.5) is 0 Å². The van der Waals surface area contributed by atoms with E-state index in [0.717, 1.165) is 13.0 Å². The van der Waals surface area contributed by atoms with Crippen molar-refractivity contribution in [2.75, 3.05) is 6.54 Å². The molecule has 2 rings (SSSR count). The molecule has 0 saturated heterocycles. The monoisotopic (exact) mass is 291 g/mol. The van der Waals surface area contributed by atoms with Gasteiger partial charge in [-0.25, -0.2) is 0 Å². The van der Waals surface area contributed by atoms with E-state index in [1.54, 1.807) is 0 Å². The molecule has 2 unspecified atom stereocenters. The second-order valence-corrected chi connectivity index (χ2v) is 6.69. The van der Waals surface area contributed by atoms with E-state index < -0.39 is 0 Å². The second-order valence-electron chi connectivity index (χ2n) is 6.69. The molecule has 3 heteroatoms. The van der Waals surface area contributed by atoms with E-state index in [4.69, 9.17) is 5.10 Å². The molecule has 120 valence electrons. The highest BCUT2D eigenvalue weighted by atomic mass is 15.3. The zero-order valence-electron chi connectivity index (χ0n) is 14.1. The van der Waals surface area contributed by atoms with Crippen LogP contribution in [0.1, 0.15) is 77.5 Å². The summed E-state index contributed by atoms with van der Waals surface area (Å²) in [6.07, 6.45) is 12.5. The van der Waals surface area contributed by atoms with E-state index in [1.807, 2.05) is 0 Å². The van der Waals surface area contributed by atoms with E-state index in [-0.39, 0.29) is 0 Å². The zero-order valence-corrected chi connectivity index (χ0v) is 14.1. The highest BCUT2D eigenvalue weighted by Crippen LogP contribution is 2.27. The lowest BCUT2D eigenvalue weighted by molar-refractivity contribution is 0.323. The molecule has 1 fully saturated rings.